The average molecular weight is 788 g/mol. The molecule has 5 heteroatoms. The molecule has 0 amide bonds. The molecule has 0 saturated heterocycles. The fourth-order valence-corrected chi connectivity index (χ4v) is 8.53. The first-order valence-corrected chi connectivity index (χ1v) is 22.9. The third kappa shape index (κ3) is 25.3. The number of hydrogen-bond acceptors (Lipinski definition) is 3. The lowest BCUT2D eigenvalue weighted by Gasteiger charge is -2.39. The molecule has 6 fully saturated rings. The van der Waals surface area contributed by atoms with Crippen molar-refractivity contribution in [1.82, 2.24) is 0 Å². The monoisotopic (exact) mass is 788 g/mol. The van der Waals surface area contributed by atoms with Crippen molar-refractivity contribution < 1.29 is 8.78 Å². The number of rotatable bonds is 5. The average Bonchev–Trinajstić information content (AvgIpc) is 3.72. The number of hydrogen-bond donors (Lipinski definition) is 1. The van der Waals surface area contributed by atoms with Gasteiger partial charge < -0.3 is 5.73 Å². The predicted molar refractivity (Wildman–Crippen MR) is 238 cm³/mol. The van der Waals surface area contributed by atoms with Crippen molar-refractivity contribution in [1.29, 1.82) is 10.5 Å². The normalized spacial score (nSPS) is 23.8. The van der Waals surface area contributed by atoms with Gasteiger partial charge >= 0.3 is 0 Å². The van der Waals surface area contributed by atoms with Crippen molar-refractivity contribution in [3.8, 4) is 12.1 Å². The minimum atomic E-state index is -2.33. The maximum absolute atomic E-state index is 12.3. The Balaban J connectivity index is 0.000000337. The molecule has 0 radical (unpaired) electrons. The van der Waals surface area contributed by atoms with Gasteiger partial charge in [-0.2, -0.15) is 10.5 Å². The lowest BCUT2D eigenvalue weighted by molar-refractivity contribution is 0.0884. The summed E-state index contributed by atoms with van der Waals surface area (Å²) in [4.78, 5) is 0. The lowest BCUT2D eigenvalue weighted by atomic mass is 9.62. The molecule has 3 nitrogen and oxygen atoms in total. The second-order valence-corrected chi connectivity index (χ2v) is 26.8. The Hall–Kier alpha value is -1.20. The summed E-state index contributed by atoms with van der Waals surface area (Å²) >= 11 is 0. The van der Waals surface area contributed by atoms with Crippen LogP contribution in [0, 0.1) is 83.7 Å². The molecule has 6 aliphatic rings. The molecule has 0 spiro atoms. The highest BCUT2D eigenvalue weighted by Gasteiger charge is 2.57. The summed E-state index contributed by atoms with van der Waals surface area (Å²) < 4.78 is 24.7. The summed E-state index contributed by atoms with van der Waals surface area (Å²) in [5.41, 5.74) is 8.61. The molecule has 0 aliphatic heterocycles. The molecule has 0 heterocycles. The van der Waals surface area contributed by atoms with Gasteiger partial charge in [0, 0.05) is 17.9 Å². The Labute approximate surface area is 348 Å². The summed E-state index contributed by atoms with van der Waals surface area (Å²) in [5.74, 6) is -0.530. The highest BCUT2D eigenvalue weighted by Crippen LogP contribution is 2.54. The summed E-state index contributed by atoms with van der Waals surface area (Å²) in [6, 6.07) is 4.88. The molecule has 1 unspecified atom stereocenters. The van der Waals surface area contributed by atoms with Crippen LogP contribution in [0.3, 0.4) is 0 Å². The van der Waals surface area contributed by atoms with Crippen LogP contribution in [0.25, 0.3) is 0 Å². The van der Waals surface area contributed by atoms with Crippen molar-refractivity contribution in [3.63, 3.8) is 0 Å². The van der Waals surface area contributed by atoms with E-state index in [4.69, 9.17) is 16.3 Å². The second-order valence-electron chi connectivity index (χ2n) is 26.8. The van der Waals surface area contributed by atoms with Gasteiger partial charge in [0.2, 0.25) is 0 Å². The molecule has 0 aromatic heterocycles. The summed E-state index contributed by atoms with van der Waals surface area (Å²) in [6.45, 7) is 40.0. The van der Waals surface area contributed by atoms with E-state index in [0.717, 1.165) is 50.4 Å². The van der Waals surface area contributed by atoms with Crippen LogP contribution in [0.5, 0.6) is 0 Å². The van der Waals surface area contributed by atoms with Crippen LogP contribution in [0.2, 0.25) is 0 Å². The van der Waals surface area contributed by atoms with Gasteiger partial charge in [-0.1, -0.05) is 150 Å². The first-order chi connectivity index (χ1) is 24.9. The van der Waals surface area contributed by atoms with Crippen LogP contribution >= 0.6 is 0 Å². The number of alkyl halides is 2. The van der Waals surface area contributed by atoms with Gasteiger partial charge in [0.15, 0.2) is 0 Å². The van der Waals surface area contributed by atoms with Crippen LogP contribution in [-0.4, -0.2) is 11.5 Å². The van der Waals surface area contributed by atoms with Gasteiger partial charge in [0.1, 0.15) is 0 Å². The van der Waals surface area contributed by atoms with Crippen LogP contribution in [0.4, 0.5) is 8.78 Å². The van der Waals surface area contributed by atoms with E-state index in [2.05, 4.69) is 116 Å². The number of nitriles is 2. The first-order valence-electron chi connectivity index (χ1n) is 22.9. The largest absolute Gasteiger partial charge is 0.325 e. The third-order valence-corrected chi connectivity index (χ3v) is 11.9. The van der Waals surface area contributed by atoms with Gasteiger partial charge in [-0.05, 0) is 128 Å². The van der Waals surface area contributed by atoms with E-state index in [0.29, 0.717) is 33.5 Å². The predicted octanol–water partition coefficient (Wildman–Crippen LogP) is 16.5. The van der Waals surface area contributed by atoms with Crippen molar-refractivity contribution in [2.45, 2.75) is 252 Å². The summed E-state index contributed by atoms with van der Waals surface area (Å²) in [6.07, 6.45) is 21.2. The van der Waals surface area contributed by atoms with E-state index in [1.165, 1.54) is 64.2 Å². The molecule has 0 aromatic carbocycles. The number of nitrogens with zero attached hydrogens (tertiary/aromatic N) is 2. The van der Waals surface area contributed by atoms with Gasteiger partial charge in [0.25, 0.3) is 5.92 Å². The maximum Gasteiger partial charge on any atom is 0.251 e. The molecule has 0 bridgehead atoms. The Bertz CT molecular complexity index is 1230. The third-order valence-electron chi connectivity index (χ3n) is 11.9. The van der Waals surface area contributed by atoms with Gasteiger partial charge in [-0.25, -0.2) is 8.78 Å². The topological polar surface area (TPSA) is 73.6 Å². The SMILES string of the molecule is CC(C)(C)C1CCC1.CC(C)(C)CC1(C#N)CC1.CC(C)(C)CC1(C#N)CCC1.CC(C)(C)CC1(N)CC1.CC(C)(C)CC1CC1.CC(C)(C)CC1CC1(F)F. The van der Waals surface area contributed by atoms with Crippen LogP contribution in [0.1, 0.15) is 240 Å². The van der Waals surface area contributed by atoms with Gasteiger partial charge in [0.05, 0.1) is 23.0 Å². The lowest BCUT2D eigenvalue weighted by Crippen LogP contribution is -2.32. The highest BCUT2D eigenvalue weighted by molar-refractivity contribution is 5.11. The van der Waals surface area contributed by atoms with Crippen molar-refractivity contribution in [3.05, 3.63) is 0 Å². The van der Waals surface area contributed by atoms with Crippen LogP contribution in [0.15, 0.2) is 0 Å². The number of halogens is 2. The molecule has 6 rings (SSSR count). The highest BCUT2D eigenvalue weighted by atomic mass is 19.3. The molecular weight excluding hydrogens is 693 g/mol. The molecule has 56 heavy (non-hydrogen) atoms. The minimum Gasteiger partial charge on any atom is -0.325 e. The molecule has 2 N–H and O–H groups in total. The fourth-order valence-electron chi connectivity index (χ4n) is 8.53. The van der Waals surface area contributed by atoms with E-state index in [9.17, 15) is 8.78 Å². The summed E-state index contributed by atoms with van der Waals surface area (Å²) in [7, 11) is 0. The molecule has 6 saturated carbocycles. The van der Waals surface area contributed by atoms with E-state index in [1.807, 2.05) is 20.8 Å². The van der Waals surface area contributed by atoms with Gasteiger partial charge in [-0.15, -0.1) is 0 Å². The minimum absolute atomic E-state index is 0.0538. The zero-order valence-electron chi connectivity index (χ0n) is 40.7. The molecule has 0 aromatic rings. The van der Waals surface area contributed by atoms with Crippen molar-refractivity contribution in [2.75, 3.05) is 0 Å². The fraction of sp³-hybridized carbons (Fsp3) is 0.961. The Morgan fingerprint density at radius 3 is 0.982 bits per heavy atom. The van der Waals surface area contributed by atoms with Gasteiger partial charge in [-0.3, -0.25) is 0 Å². The summed E-state index contributed by atoms with van der Waals surface area (Å²) in [5, 5.41) is 17.7. The maximum atomic E-state index is 12.3. The Kier molecular flexibility index (Phi) is 18.4. The molecular formula is C51H95F2N3. The van der Waals surface area contributed by atoms with Crippen molar-refractivity contribution in [2.24, 2.45) is 66.8 Å². The zero-order valence-corrected chi connectivity index (χ0v) is 40.7. The molecule has 328 valence electrons. The van der Waals surface area contributed by atoms with E-state index in [-0.39, 0.29) is 34.1 Å². The van der Waals surface area contributed by atoms with E-state index in [1.54, 1.807) is 0 Å². The second kappa shape index (κ2) is 19.5. The Morgan fingerprint density at radius 1 is 0.518 bits per heavy atom. The smallest absolute Gasteiger partial charge is 0.251 e. The van der Waals surface area contributed by atoms with Crippen LogP contribution < -0.4 is 5.73 Å². The first kappa shape index (κ1) is 52.8. The number of nitrogens with two attached hydrogens (primary N) is 1. The van der Waals surface area contributed by atoms with E-state index < -0.39 is 5.92 Å². The molecule has 6 aliphatic carbocycles. The van der Waals surface area contributed by atoms with Crippen LogP contribution in [-0.2, 0) is 0 Å². The van der Waals surface area contributed by atoms with E-state index >= 15 is 0 Å². The standard InChI is InChI=1S/C10H17N.C9H15N.C8H14F2.C8H17N.2C8H16/c1-9(2,3)7-10(8-11)5-4-6-10;1-8(2,3)6-9(7-10)4-5-9;1-7(2,3)4-6-5-8(6,9)10;1-7(2,3)6-8(9)4-5-8;1-8(2,3)6-7-4-5-7;1-8(2,3)7-5-4-6-7/h4-7H2,1-3H3;4-6H2,1-3H3;6H,4-5H2,1-3H3;4-6,9H2,1-3H3;2*7H,4-6H2,1-3H3. The zero-order chi connectivity index (χ0) is 43.9. The van der Waals surface area contributed by atoms with Crippen molar-refractivity contribution >= 4 is 0 Å². The Morgan fingerprint density at radius 2 is 0.893 bits per heavy atom. The molecule has 1 atom stereocenters. The quantitative estimate of drug-likeness (QED) is 0.302.